The molecule has 0 fully saturated rings. The third-order valence-corrected chi connectivity index (χ3v) is 2.90. The van der Waals surface area contributed by atoms with Crippen molar-refractivity contribution in [2.45, 2.75) is 19.4 Å². The number of hydrogen-bond donors (Lipinski definition) is 0. The van der Waals surface area contributed by atoms with Gasteiger partial charge in [0.1, 0.15) is 12.4 Å². The van der Waals surface area contributed by atoms with Crippen molar-refractivity contribution in [3.63, 3.8) is 0 Å². The highest BCUT2D eigenvalue weighted by Crippen LogP contribution is 2.32. The molecule has 2 heteroatoms. The molecule has 1 aromatic rings. The van der Waals surface area contributed by atoms with Crippen molar-refractivity contribution in [3.05, 3.63) is 29.8 Å². The molecular formula is C12H17NO. The SMILES string of the molecule is CCC1c2ccccc2OCCN1C. The molecular weight excluding hydrogens is 174 g/mol. The highest BCUT2D eigenvalue weighted by Gasteiger charge is 2.21. The van der Waals surface area contributed by atoms with E-state index in [1.807, 2.05) is 6.07 Å². The van der Waals surface area contributed by atoms with Crippen LogP contribution in [0, 0.1) is 0 Å². The topological polar surface area (TPSA) is 12.5 Å². The maximum Gasteiger partial charge on any atom is 0.124 e. The zero-order valence-electron chi connectivity index (χ0n) is 8.86. The van der Waals surface area contributed by atoms with Gasteiger partial charge in [-0.15, -0.1) is 0 Å². The minimum absolute atomic E-state index is 0.508. The summed E-state index contributed by atoms with van der Waals surface area (Å²) in [5.74, 6) is 1.06. The highest BCUT2D eigenvalue weighted by atomic mass is 16.5. The van der Waals surface area contributed by atoms with E-state index in [0.717, 1.165) is 25.3 Å². The van der Waals surface area contributed by atoms with Crippen LogP contribution in [0.25, 0.3) is 0 Å². The molecule has 0 bridgehead atoms. The molecule has 76 valence electrons. The fourth-order valence-electron chi connectivity index (χ4n) is 2.11. The standard InChI is InChI=1S/C12H17NO/c1-3-11-10-6-4-5-7-12(10)14-9-8-13(11)2/h4-7,11H,3,8-9H2,1-2H3. The Morgan fingerprint density at radius 3 is 3.00 bits per heavy atom. The number of likely N-dealkylation sites (N-methyl/N-ethyl adjacent to an activating group) is 1. The van der Waals surface area contributed by atoms with E-state index in [2.05, 4.69) is 37.1 Å². The van der Waals surface area contributed by atoms with Crippen LogP contribution in [0.2, 0.25) is 0 Å². The van der Waals surface area contributed by atoms with E-state index in [0.29, 0.717) is 6.04 Å². The largest absolute Gasteiger partial charge is 0.492 e. The van der Waals surface area contributed by atoms with Gasteiger partial charge in [-0.2, -0.15) is 0 Å². The molecule has 0 spiro atoms. The van der Waals surface area contributed by atoms with Gasteiger partial charge in [-0.1, -0.05) is 25.1 Å². The Labute approximate surface area is 85.5 Å². The molecule has 1 unspecified atom stereocenters. The van der Waals surface area contributed by atoms with Crippen molar-refractivity contribution in [3.8, 4) is 5.75 Å². The van der Waals surface area contributed by atoms with Crippen LogP contribution in [0.4, 0.5) is 0 Å². The lowest BCUT2D eigenvalue weighted by molar-refractivity contribution is 0.215. The van der Waals surface area contributed by atoms with Crippen molar-refractivity contribution in [1.82, 2.24) is 4.90 Å². The third kappa shape index (κ3) is 1.62. The van der Waals surface area contributed by atoms with E-state index < -0.39 is 0 Å². The van der Waals surface area contributed by atoms with Gasteiger partial charge in [0.15, 0.2) is 0 Å². The average molecular weight is 191 g/mol. The van der Waals surface area contributed by atoms with E-state index >= 15 is 0 Å². The molecule has 0 saturated carbocycles. The molecule has 1 heterocycles. The van der Waals surface area contributed by atoms with Crippen molar-refractivity contribution >= 4 is 0 Å². The molecule has 1 aromatic carbocycles. The highest BCUT2D eigenvalue weighted by molar-refractivity contribution is 5.36. The van der Waals surface area contributed by atoms with Crippen LogP contribution >= 0.6 is 0 Å². The minimum Gasteiger partial charge on any atom is -0.492 e. The van der Waals surface area contributed by atoms with Crippen LogP contribution in [0.1, 0.15) is 24.9 Å². The average Bonchev–Trinajstić information content (AvgIpc) is 2.36. The predicted molar refractivity (Wildman–Crippen MR) is 57.6 cm³/mol. The Morgan fingerprint density at radius 1 is 1.43 bits per heavy atom. The molecule has 0 radical (unpaired) electrons. The predicted octanol–water partition coefficient (Wildman–Crippen LogP) is 2.46. The third-order valence-electron chi connectivity index (χ3n) is 2.90. The van der Waals surface area contributed by atoms with Gasteiger partial charge in [-0.05, 0) is 19.5 Å². The lowest BCUT2D eigenvalue weighted by Gasteiger charge is -2.24. The van der Waals surface area contributed by atoms with Crippen LogP contribution in [-0.2, 0) is 0 Å². The monoisotopic (exact) mass is 191 g/mol. The second-order valence-electron chi connectivity index (χ2n) is 3.79. The lowest BCUT2D eigenvalue weighted by atomic mass is 10.0. The van der Waals surface area contributed by atoms with Gasteiger partial charge in [-0.3, -0.25) is 4.90 Å². The van der Waals surface area contributed by atoms with E-state index in [1.165, 1.54) is 5.56 Å². The zero-order chi connectivity index (χ0) is 9.97. The first-order valence-electron chi connectivity index (χ1n) is 5.25. The number of rotatable bonds is 1. The van der Waals surface area contributed by atoms with E-state index in [1.54, 1.807) is 0 Å². The fourth-order valence-corrected chi connectivity index (χ4v) is 2.11. The van der Waals surface area contributed by atoms with Gasteiger partial charge >= 0.3 is 0 Å². The van der Waals surface area contributed by atoms with Gasteiger partial charge in [0.2, 0.25) is 0 Å². The first-order valence-corrected chi connectivity index (χ1v) is 5.25. The number of para-hydroxylation sites is 1. The van der Waals surface area contributed by atoms with Gasteiger partial charge in [-0.25, -0.2) is 0 Å². The first-order chi connectivity index (χ1) is 6.83. The number of nitrogens with zero attached hydrogens (tertiary/aromatic N) is 1. The smallest absolute Gasteiger partial charge is 0.124 e. The Bertz CT molecular complexity index is 311. The summed E-state index contributed by atoms with van der Waals surface area (Å²) < 4.78 is 5.71. The summed E-state index contributed by atoms with van der Waals surface area (Å²) in [6, 6.07) is 8.87. The van der Waals surface area contributed by atoms with Crippen LogP contribution in [0.15, 0.2) is 24.3 Å². The second-order valence-corrected chi connectivity index (χ2v) is 3.79. The van der Waals surface area contributed by atoms with Crippen LogP contribution in [0.3, 0.4) is 0 Å². The summed E-state index contributed by atoms with van der Waals surface area (Å²) in [4.78, 5) is 2.37. The van der Waals surface area contributed by atoms with Crippen LogP contribution in [-0.4, -0.2) is 25.1 Å². The molecule has 0 aliphatic carbocycles. The van der Waals surface area contributed by atoms with Gasteiger partial charge in [0.25, 0.3) is 0 Å². The summed E-state index contributed by atoms with van der Waals surface area (Å²) in [7, 11) is 2.17. The molecule has 2 rings (SSSR count). The fraction of sp³-hybridized carbons (Fsp3) is 0.500. The Balaban J connectivity index is 2.39. The molecule has 0 amide bonds. The zero-order valence-corrected chi connectivity index (χ0v) is 8.86. The summed E-state index contributed by atoms with van der Waals surface area (Å²) in [6.45, 7) is 4.03. The molecule has 1 aliphatic heterocycles. The van der Waals surface area contributed by atoms with Gasteiger partial charge in [0.05, 0.1) is 0 Å². The molecule has 14 heavy (non-hydrogen) atoms. The Morgan fingerprint density at radius 2 is 2.21 bits per heavy atom. The summed E-state index contributed by atoms with van der Waals surface area (Å²) >= 11 is 0. The summed E-state index contributed by atoms with van der Waals surface area (Å²) in [6.07, 6.45) is 1.14. The molecule has 2 nitrogen and oxygen atoms in total. The number of ether oxygens (including phenoxy) is 1. The van der Waals surface area contributed by atoms with Crippen molar-refractivity contribution < 1.29 is 4.74 Å². The maximum absolute atomic E-state index is 5.71. The number of hydrogen-bond acceptors (Lipinski definition) is 2. The van der Waals surface area contributed by atoms with Crippen LogP contribution in [0.5, 0.6) is 5.75 Å². The van der Waals surface area contributed by atoms with Gasteiger partial charge < -0.3 is 4.74 Å². The second kappa shape index (κ2) is 4.01. The summed E-state index contributed by atoms with van der Waals surface area (Å²) in [5, 5.41) is 0. The van der Waals surface area contributed by atoms with Gasteiger partial charge in [0, 0.05) is 18.2 Å². The summed E-state index contributed by atoms with van der Waals surface area (Å²) in [5.41, 5.74) is 1.33. The Hall–Kier alpha value is -1.02. The van der Waals surface area contributed by atoms with Crippen molar-refractivity contribution in [2.75, 3.05) is 20.2 Å². The maximum atomic E-state index is 5.71. The molecule has 1 aliphatic rings. The molecule has 0 N–H and O–H groups in total. The molecule has 0 saturated heterocycles. The molecule has 1 atom stereocenters. The van der Waals surface area contributed by atoms with E-state index in [4.69, 9.17) is 4.74 Å². The number of fused-ring (bicyclic) bond motifs is 1. The van der Waals surface area contributed by atoms with Crippen molar-refractivity contribution in [2.24, 2.45) is 0 Å². The Kier molecular flexibility index (Phi) is 2.73. The van der Waals surface area contributed by atoms with E-state index in [9.17, 15) is 0 Å². The quantitative estimate of drug-likeness (QED) is 0.676. The van der Waals surface area contributed by atoms with Crippen LogP contribution < -0.4 is 4.74 Å². The normalized spacial score (nSPS) is 22.3. The first kappa shape index (κ1) is 9.53. The van der Waals surface area contributed by atoms with Crippen molar-refractivity contribution in [1.29, 1.82) is 0 Å². The lowest BCUT2D eigenvalue weighted by Crippen LogP contribution is -2.25. The number of benzene rings is 1. The van der Waals surface area contributed by atoms with E-state index in [-0.39, 0.29) is 0 Å². The minimum atomic E-state index is 0.508. The molecule has 0 aromatic heterocycles.